The van der Waals surface area contributed by atoms with Gasteiger partial charge in [-0.1, -0.05) is 60.1 Å². The molecule has 3 rings (SSSR count). The van der Waals surface area contributed by atoms with Gasteiger partial charge < -0.3 is 10.1 Å². The molecule has 0 aliphatic carbocycles. The molecule has 0 unspecified atom stereocenters. The van der Waals surface area contributed by atoms with Gasteiger partial charge in [0.1, 0.15) is 12.4 Å². The molecule has 0 saturated carbocycles. The predicted molar refractivity (Wildman–Crippen MR) is 106 cm³/mol. The SMILES string of the molecule is Cc1ccc(OCCNC(=O)c2ccc(-c3ccccc3)cc2)cc1Cl. The highest BCUT2D eigenvalue weighted by atomic mass is 35.5. The largest absolute Gasteiger partial charge is 0.492 e. The van der Waals surface area contributed by atoms with Crippen molar-refractivity contribution in [3.8, 4) is 16.9 Å². The van der Waals surface area contributed by atoms with E-state index >= 15 is 0 Å². The third kappa shape index (κ3) is 4.64. The van der Waals surface area contributed by atoms with Gasteiger partial charge in [0.05, 0.1) is 6.54 Å². The van der Waals surface area contributed by atoms with Crippen LogP contribution in [0.3, 0.4) is 0 Å². The van der Waals surface area contributed by atoms with Gasteiger partial charge in [-0.3, -0.25) is 4.79 Å². The van der Waals surface area contributed by atoms with Gasteiger partial charge in [0.25, 0.3) is 5.91 Å². The third-order valence-corrected chi connectivity index (χ3v) is 4.46. The highest BCUT2D eigenvalue weighted by Gasteiger charge is 2.06. The number of halogens is 1. The highest BCUT2D eigenvalue weighted by Crippen LogP contribution is 2.21. The van der Waals surface area contributed by atoms with Crippen molar-refractivity contribution in [1.82, 2.24) is 5.32 Å². The number of hydrogen-bond acceptors (Lipinski definition) is 2. The minimum Gasteiger partial charge on any atom is -0.492 e. The van der Waals surface area contributed by atoms with E-state index in [4.69, 9.17) is 16.3 Å². The first-order valence-electron chi connectivity index (χ1n) is 8.46. The first-order valence-corrected chi connectivity index (χ1v) is 8.84. The van der Waals surface area contributed by atoms with E-state index in [1.807, 2.05) is 73.7 Å². The molecule has 3 aromatic carbocycles. The molecule has 0 spiro atoms. The third-order valence-electron chi connectivity index (χ3n) is 4.05. The predicted octanol–water partition coefficient (Wildman–Crippen LogP) is 5.12. The molecular formula is C22H20ClNO2. The van der Waals surface area contributed by atoms with E-state index in [9.17, 15) is 4.79 Å². The van der Waals surface area contributed by atoms with Gasteiger partial charge in [0, 0.05) is 10.6 Å². The van der Waals surface area contributed by atoms with Crippen LogP contribution in [-0.4, -0.2) is 19.1 Å². The molecule has 0 fully saturated rings. The van der Waals surface area contributed by atoms with Crippen LogP contribution in [0.25, 0.3) is 11.1 Å². The molecule has 0 aliphatic rings. The summed E-state index contributed by atoms with van der Waals surface area (Å²) >= 11 is 6.06. The van der Waals surface area contributed by atoms with E-state index < -0.39 is 0 Å². The van der Waals surface area contributed by atoms with E-state index in [1.165, 1.54) is 0 Å². The number of nitrogens with one attached hydrogen (secondary N) is 1. The summed E-state index contributed by atoms with van der Waals surface area (Å²) in [5, 5.41) is 3.53. The van der Waals surface area contributed by atoms with Crippen molar-refractivity contribution < 1.29 is 9.53 Å². The molecule has 0 aliphatic heterocycles. The molecule has 1 amide bonds. The molecule has 0 atom stereocenters. The van der Waals surface area contributed by atoms with E-state index in [2.05, 4.69) is 5.32 Å². The first-order chi connectivity index (χ1) is 12.6. The Morgan fingerprint density at radius 3 is 2.35 bits per heavy atom. The summed E-state index contributed by atoms with van der Waals surface area (Å²) in [7, 11) is 0. The number of carbonyl (C=O) groups is 1. The van der Waals surface area contributed by atoms with Crippen molar-refractivity contribution in [3.63, 3.8) is 0 Å². The lowest BCUT2D eigenvalue weighted by molar-refractivity contribution is 0.0947. The number of hydrogen-bond donors (Lipinski definition) is 1. The number of carbonyl (C=O) groups excluding carboxylic acids is 1. The summed E-state index contributed by atoms with van der Waals surface area (Å²) in [6.07, 6.45) is 0. The number of benzene rings is 3. The van der Waals surface area contributed by atoms with E-state index in [-0.39, 0.29) is 5.91 Å². The fraction of sp³-hybridized carbons (Fsp3) is 0.136. The van der Waals surface area contributed by atoms with Crippen LogP contribution in [0.2, 0.25) is 5.02 Å². The second kappa shape index (κ2) is 8.54. The van der Waals surface area contributed by atoms with E-state index in [0.29, 0.717) is 29.5 Å². The molecule has 0 aromatic heterocycles. The lowest BCUT2D eigenvalue weighted by atomic mass is 10.0. The van der Waals surface area contributed by atoms with Crippen LogP contribution in [0.5, 0.6) is 5.75 Å². The molecule has 1 N–H and O–H groups in total. The van der Waals surface area contributed by atoms with Crippen molar-refractivity contribution in [1.29, 1.82) is 0 Å². The first kappa shape index (κ1) is 18.0. The summed E-state index contributed by atoms with van der Waals surface area (Å²) in [6, 6.07) is 23.2. The maximum atomic E-state index is 12.2. The Morgan fingerprint density at radius 1 is 0.962 bits per heavy atom. The lowest BCUT2D eigenvalue weighted by Crippen LogP contribution is -2.28. The van der Waals surface area contributed by atoms with Crippen LogP contribution in [0.15, 0.2) is 72.8 Å². The Kier molecular flexibility index (Phi) is 5.92. The molecule has 0 saturated heterocycles. The van der Waals surface area contributed by atoms with Crippen LogP contribution in [-0.2, 0) is 0 Å². The van der Waals surface area contributed by atoms with Crippen molar-refractivity contribution in [2.75, 3.05) is 13.2 Å². The molecule has 0 heterocycles. The van der Waals surface area contributed by atoms with Gasteiger partial charge in [-0.05, 0) is 47.9 Å². The van der Waals surface area contributed by atoms with Crippen molar-refractivity contribution >= 4 is 17.5 Å². The van der Waals surface area contributed by atoms with Gasteiger partial charge >= 0.3 is 0 Å². The average molecular weight is 366 g/mol. The van der Waals surface area contributed by atoms with Crippen LogP contribution in [0.4, 0.5) is 0 Å². The molecule has 0 bridgehead atoms. The van der Waals surface area contributed by atoms with Gasteiger partial charge in [0.2, 0.25) is 0 Å². The Hall–Kier alpha value is -2.78. The Balaban J connectivity index is 1.49. The van der Waals surface area contributed by atoms with E-state index in [1.54, 1.807) is 6.07 Å². The molecular weight excluding hydrogens is 346 g/mol. The zero-order chi connectivity index (χ0) is 18.4. The fourth-order valence-corrected chi connectivity index (χ4v) is 2.71. The van der Waals surface area contributed by atoms with Gasteiger partial charge in [-0.15, -0.1) is 0 Å². The number of aryl methyl sites for hydroxylation is 1. The molecule has 4 heteroatoms. The summed E-state index contributed by atoms with van der Waals surface area (Å²) in [5.74, 6) is 0.581. The topological polar surface area (TPSA) is 38.3 Å². The maximum Gasteiger partial charge on any atom is 0.251 e. The monoisotopic (exact) mass is 365 g/mol. The Labute approximate surface area is 158 Å². The van der Waals surface area contributed by atoms with Gasteiger partial charge in [0.15, 0.2) is 0 Å². The van der Waals surface area contributed by atoms with Crippen LogP contribution >= 0.6 is 11.6 Å². The molecule has 0 radical (unpaired) electrons. The van der Waals surface area contributed by atoms with Crippen LogP contribution < -0.4 is 10.1 Å². The minimum atomic E-state index is -0.116. The standard InChI is InChI=1S/C22H20ClNO2/c1-16-7-12-20(15-21(16)23)26-14-13-24-22(25)19-10-8-18(9-11-19)17-5-3-2-4-6-17/h2-12,15H,13-14H2,1H3,(H,24,25). The highest BCUT2D eigenvalue weighted by molar-refractivity contribution is 6.31. The van der Waals surface area contributed by atoms with Crippen LogP contribution in [0.1, 0.15) is 15.9 Å². The van der Waals surface area contributed by atoms with E-state index in [0.717, 1.165) is 16.7 Å². The lowest BCUT2D eigenvalue weighted by Gasteiger charge is -2.09. The number of rotatable bonds is 6. The summed E-state index contributed by atoms with van der Waals surface area (Å²) in [5.41, 5.74) is 3.85. The number of ether oxygens (including phenoxy) is 1. The average Bonchev–Trinajstić information content (AvgIpc) is 2.68. The Bertz CT molecular complexity index is 876. The quantitative estimate of drug-likeness (QED) is 0.615. The Morgan fingerprint density at radius 2 is 1.65 bits per heavy atom. The minimum absolute atomic E-state index is 0.116. The molecule has 3 aromatic rings. The fourth-order valence-electron chi connectivity index (χ4n) is 2.54. The maximum absolute atomic E-state index is 12.2. The van der Waals surface area contributed by atoms with Crippen LogP contribution in [0, 0.1) is 6.92 Å². The smallest absolute Gasteiger partial charge is 0.251 e. The zero-order valence-electron chi connectivity index (χ0n) is 14.5. The van der Waals surface area contributed by atoms with Crippen molar-refractivity contribution in [2.24, 2.45) is 0 Å². The van der Waals surface area contributed by atoms with Gasteiger partial charge in [-0.2, -0.15) is 0 Å². The van der Waals surface area contributed by atoms with Crippen molar-refractivity contribution in [2.45, 2.75) is 6.92 Å². The summed E-state index contributed by atoms with van der Waals surface area (Å²) in [4.78, 5) is 12.2. The normalized spacial score (nSPS) is 10.4. The summed E-state index contributed by atoms with van der Waals surface area (Å²) in [6.45, 7) is 2.74. The van der Waals surface area contributed by atoms with Gasteiger partial charge in [-0.25, -0.2) is 0 Å². The second-order valence-corrected chi connectivity index (χ2v) is 6.37. The van der Waals surface area contributed by atoms with Crippen molar-refractivity contribution in [3.05, 3.63) is 88.9 Å². The molecule has 132 valence electrons. The molecule has 26 heavy (non-hydrogen) atoms. The zero-order valence-corrected chi connectivity index (χ0v) is 15.3. The second-order valence-electron chi connectivity index (χ2n) is 5.96. The summed E-state index contributed by atoms with van der Waals surface area (Å²) < 4.78 is 5.61. The number of amides is 1. The molecule has 3 nitrogen and oxygen atoms in total.